The normalized spacial score (nSPS) is 15.5. The second kappa shape index (κ2) is 4.25. The number of anilines is 1. The molecule has 0 amide bonds. The topological polar surface area (TPSA) is 46.6 Å². The van der Waals surface area contributed by atoms with Crippen LogP contribution in [0.2, 0.25) is 0 Å². The SMILES string of the molecule is CS(=O)(=O)N1CCOc2ccc(CBr)cc21. The molecule has 0 atom stereocenters. The molecule has 1 aromatic rings. The Morgan fingerprint density at radius 2 is 2.25 bits per heavy atom. The molecular weight excluding hydrogens is 294 g/mol. The van der Waals surface area contributed by atoms with Crippen LogP contribution >= 0.6 is 15.9 Å². The highest BCUT2D eigenvalue weighted by atomic mass is 79.9. The van der Waals surface area contributed by atoms with Crippen LogP contribution in [0, 0.1) is 0 Å². The molecule has 88 valence electrons. The second-order valence-electron chi connectivity index (χ2n) is 3.62. The van der Waals surface area contributed by atoms with Crippen LogP contribution in [0.25, 0.3) is 0 Å². The summed E-state index contributed by atoms with van der Waals surface area (Å²) in [5.74, 6) is 0.626. The van der Waals surface area contributed by atoms with Crippen molar-refractivity contribution in [3.63, 3.8) is 0 Å². The van der Waals surface area contributed by atoms with E-state index < -0.39 is 10.0 Å². The van der Waals surface area contributed by atoms with Crippen molar-refractivity contribution in [2.45, 2.75) is 5.33 Å². The third-order valence-electron chi connectivity index (χ3n) is 2.40. The number of benzene rings is 1. The van der Waals surface area contributed by atoms with Gasteiger partial charge >= 0.3 is 0 Å². The number of ether oxygens (including phenoxy) is 1. The van der Waals surface area contributed by atoms with Crippen LogP contribution in [0.1, 0.15) is 5.56 Å². The number of hydrogen-bond acceptors (Lipinski definition) is 3. The molecular formula is C10H12BrNO3S. The summed E-state index contributed by atoms with van der Waals surface area (Å²) < 4.78 is 30.0. The van der Waals surface area contributed by atoms with Gasteiger partial charge in [-0.1, -0.05) is 22.0 Å². The zero-order chi connectivity index (χ0) is 11.8. The molecule has 0 bridgehead atoms. The van der Waals surface area contributed by atoms with E-state index in [4.69, 9.17) is 4.74 Å². The molecule has 0 N–H and O–H groups in total. The van der Waals surface area contributed by atoms with E-state index in [-0.39, 0.29) is 0 Å². The summed E-state index contributed by atoms with van der Waals surface area (Å²) in [6, 6.07) is 5.56. The first-order valence-electron chi connectivity index (χ1n) is 4.82. The van der Waals surface area contributed by atoms with Crippen LogP contribution in [-0.4, -0.2) is 27.8 Å². The quantitative estimate of drug-likeness (QED) is 0.782. The average Bonchev–Trinajstić information content (AvgIpc) is 2.26. The fourth-order valence-electron chi connectivity index (χ4n) is 1.67. The van der Waals surface area contributed by atoms with E-state index in [0.29, 0.717) is 29.9 Å². The lowest BCUT2D eigenvalue weighted by Crippen LogP contribution is -2.37. The van der Waals surface area contributed by atoms with E-state index in [0.717, 1.165) is 5.56 Å². The van der Waals surface area contributed by atoms with Crippen LogP contribution in [0.5, 0.6) is 5.75 Å². The molecule has 0 saturated carbocycles. The van der Waals surface area contributed by atoms with Crippen molar-refractivity contribution in [1.82, 2.24) is 0 Å². The van der Waals surface area contributed by atoms with E-state index in [1.54, 1.807) is 0 Å². The number of halogens is 1. The van der Waals surface area contributed by atoms with Crippen molar-refractivity contribution in [1.29, 1.82) is 0 Å². The van der Waals surface area contributed by atoms with E-state index in [2.05, 4.69) is 15.9 Å². The van der Waals surface area contributed by atoms with E-state index in [1.165, 1.54) is 10.6 Å². The van der Waals surface area contributed by atoms with Gasteiger partial charge in [0.15, 0.2) is 0 Å². The van der Waals surface area contributed by atoms with Crippen LogP contribution in [-0.2, 0) is 15.4 Å². The highest BCUT2D eigenvalue weighted by Crippen LogP contribution is 2.34. The first-order valence-corrected chi connectivity index (χ1v) is 7.79. The van der Waals surface area contributed by atoms with Gasteiger partial charge in [-0.05, 0) is 17.7 Å². The van der Waals surface area contributed by atoms with Crippen molar-refractivity contribution >= 4 is 31.6 Å². The average molecular weight is 306 g/mol. The maximum absolute atomic E-state index is 11.6. The molecule has 16 heavy (non-hydrogen) atoms. The molecule has 1 aromatic carbocycles. The number of rotatable bonds is 2. The fraction of sp³-hybridized carbons (Fsp3) is 0.400. The van der Waals surface area contributed by atoms with Gasteiger partial charge in [0, 0.05) is 5.33 Å². The van der Waals surface area contributed by atoms with Gasteiger partial charge in [0.1, 0.15) is 12.4 Å². The van der Waals surface area contributed by atoms with E-state index in [1.807, 2.05) is 18.2 Å². The minimum atomic E-state index is -3.23. The lowest BCUT2D eigenvalue weighted by atomic mass is 10.2. The van der Waals surface area contributed by atoms with Gasteiger partial charge in [-0.25, -0.2) is 8.42 Å². The molecule has 1 aliphatic rings. The van der Waals surface area contributed by atoms with Gasteiger partial charge in [0.25, 0.3) is 0 Å². The Morgan fingerprint density at radius 3 is 2.88 bits per heavy atom. The Kier molecular flexibility index (Phi) is 3.12. The largest absolute Gasteiger partial charge is 0.489 e. The summed E-state index contributed by atoms with van der Waals surface area (Å²) in [5, 5.41) is 0.692. The van der Waals surface area contributed by atoms with Crippen molar-refractivity contribution in [2.75, 3.05) is 23.7 Å². The molecule has 0 aliphatic carbocycles. The van der Waals surface area contributed by atoms with E-state index in [9.17, 15) is 8.42 Å². The number of sulfonamides is 1. The molecule has 0 unspecified atom stereocenters. The van der Waals surface area contributed by atoms with Crippen molar-refractivity contribution in [2.24, 2.45) is 0 Å². The van der Waals surface area contributed by atoms with Gasteiger partial charge in [0.05, 0.1) is 18.5 Å². The van der Waals surface area contributed by atoms with Gasteiger partial charge in [-0.3, -0.25) is 4.31 Å². The van der Waals surface area contributed by atoms with Crippen molar-refractivity contribution < 1.29 is 13.2 Å². The van der Waals surface area contributed by atoms with Crippen LogP contribution in [0.15, 0.2) is 18.2 Å². The van der Waals surface area contributed by atoms with Crippen LogP contribution in [0.4, 0.5) is 5.69 Å². The third-order valence-corrected chi connectivity index (χ3v) is 4.23. The molecule has 0 fully saturated rings. The Hall–Kier alpha value is -0.750. The van der Waals surface area contributed by atoms with E-state index >= 15 is 0 Å². The first-order chi connectivity index (χ1) is 7.52. The number of nitrogens with zero attached hydrogens (tertiary/aromatic N) is 1. The second-order valence-corrected chi connectivity index (χ2v) is 6.09. The fourth-order valence-corrected chi connectivity index (χ4v) is 2.92. The molecule has 0 radical (unpaired) electrons. The predicted molar refractivity (Wildman–Crippen MR) is 66.8 cm³/mol. The molecule has 0 aromatic heterocycles. The Labute approximate surface area is 103 Å². The Bertz CT molecular complexity index is 501. The molecule has 0 spiro atoms. The molecule has 2 rings (SSSR count). The molecule has 0 saturated heterocycles. The number of fused-ring (bicyclic) bond motifs is 1. The van der Waals surface area contributed by atoms with Gasteiger partial charge in [0.2, 0.25) is 10.0 Å². The van der Waals surface area contributed by atoms with Crippen molar-refractivity contribution in [3.8, 4) is 5.75 Å². The highest BCUT2D eigenvalue weighted by Gasteiger charge is 2.25. The minimum Gasteiger partial charge on any atom is -0.489 e. The summed E-state index contributed by atoms with van der Waals surface area (Å²) in [6.07, 6.45) is 1.21. The smallest absolute Gasteiger partial charge is 0.232 e. The van der Waals surface area contributed by atoms with Crippen molar-refractivity contribution in [3.05, 3.63) is 23.8 Å². The van der Waals surface area contributed by atoms with Gasteiger partial charge in [-0.2, -0.15) is 0 Å². The Morgan fingerprint density at radius 1 is 1.50 bits per heavy atom. The monoisotopic (exact) mass is 305 g/mol. The molecule has 4 nitrogen and oxygen atoms in total. The standard InChI is InChI=1S/C10H12BrNO3S/c1-16(13,14)12-4-5-15-10-3-2-8(7-11)6-9(10)12/h2-3,6H,4-5,7H2,1H3. The molecule has 6 heteroatoms. The summed E-state index contributed by atoms with van der Waals surface area (Å²) in [6.45, 7) is 0.769. The van der Waals surface area contributed by atoms with Gasteiger partial charge < -0.3 is 4.74 Å². The number of hydrogen-bond donors (Lipinski definition) is 0. The first kappa shape index (κ1) is 11.7. The zero-order valence-electron chi connectivity index (χ0n) is 8.81. The molecule has 1 aliphatic heterocycles. The van der Waals surface area contributed by atoms with Crippen LogP contribution < -0.4 is 9.04 Å². The summed E-state index contributed by atoms with van der Waals surface area (Å²) >= 11 is 3.35. The predicted octanol–water partition coefficient (Wildman–Crippen LogP) is 1.74. The lowest BCUT2D eigenvalue weighted by molar-refractivity contribution is 0.316. The number of alkyl halides is 1. The summed E-state index contributed by atoms with van der Waals surface area (Å²) in [7, 11) is -3.23. The highest BCUT2D eigenvalue weighted by molar-refractivity contribution is 9.08. The minimum absolute atomic E-state index is 0.373. The zero-order valence-corrected chi connectivity index (χ0v) is 11.2. The molecule has 1 heterocycles. The maximum Gasteiger partial charge on any atom is 0.232 e. The summed E-state index contributed by atoms with van der Waals surface area (Å²) in [4.78, 5) is 0. The third kappa shape index (κ3) is 2.17. The summed E-state index contributed by atoms with van der Waals surface area (Å²) in [5.41, 5.74) is 1.66. The Balaban J connectivity index is 2.52. The maximum atomic E-state index is 11.6. The van der Waals surface area contributed by atoms with Crippen LogP contribution in [0.3, 0.4) is 0 Å². The lowest BCUT2D eigenvalue weighted by Gasteiger charge is -2.29. The van der Waals surface area contributed by atoms with Gasteiger partial charge in [-0.15, -0.1) is 0 Å².